The third kappa shape index (κ3) is 4.17. The summed E-state index contributed by atoms with van der Waals surface area (Å²) >= 11 is 1.40. The molecule has 1 aromatic heterocycles. The Morgan fingerprint density at radius 3 is 2.88 bits per heavy atom. The number of amides is 1. The molecule has 24 heavy (non-hydrogen) atoms. The molecule has 7 heteroatoms. The molecule has 1 amide bonds. The normalized spacial score (nSPS) is 15.4. The van der Waals surface area contributed by atoms with Crippen LogP contribution in [0.25, 0.3) is 0 Å². The molecule has 0 saturated carbocycles. The van der Waals surface area contributed by atoms with Crippen LogP contribution in [0.2, 0.25) is 0 Å². The van der Waals surface area contributed by atoms with Gasteiger partial charge in [-0.1, -0.05) is 18.2 Å². The largest absolute Gasteiger partial charge is 0.379 e. The minimum Gasteiger partial charge on any atom is -0.379 e. The van der Waals surface area contributed by atoms with E-state index in [0.29, 0.717) is 16.1 Å². The number of nitrogens with one attached hydrogen (secondary N) is 1. The maximum Gasteiger partial charge on any atom is 0.263 e. The first-order valence-corrected chi connectivity index (χ1v) is 8.73. The van der Waals surface area contributed by atoms with Crippen molar-refractivity contribution in [2.24, 2.45) is 0 Å². The Morgan fingerprint density at radius 1 is 1.38 bits per heavy atom. The van der Waals surface area contributed by atoms with E-state index in [0.717, 1.165) is 37.9 Å². The summed E-state index contributed by atoms with van der Waals surface area (Å²) in [7, 11) is 0. The zero-order valence-electron chi connectivity index (χ0n) is 13.5. The fourth-order valence-corrected chi connectivity index (χ4v) is 3.60. The number of hydrogen-bond acceptors (Lipinski definition) is 5. The number of morpholine rings is 1. The third-order valence-corrected chi connectivity index (χ3v) is 5.05. The molecule has 0 atom stereocenters. The summed E-state index contributed by atoms with van der Waals surface area (Å²) in [6, 6.07) is 6.44. The minimum absolute atomic E-state index is 0.168. The second-order valence-electron chi connectivity index (χ2n) is 5.68. The van der Waals surface area contributed by atoms with Crippen LogP contribution in [0.5, 0.6) is 0 Å². The number of rotatable bonds is 5. The molecule has 0 spiro atoms. The Balaban J connectivity index is 1.61. The van der Waals surface area contributed by atoms with E-state index in [9.17, 15) is 9.18 Å². The van der Waals surface area contributed by atoms with Crippen molar-refractivity contribution >= 4 is 17.2 Å². The first-order chi connectivity index (χ1) is 11.6. The van der Waals surface area contributed by atoms with Gasteiger partial charge in [-0.2, -0.15) is 0 Å². The Kier molecular flexibility index (Phi) is 5.55. The molecule has 0 unspecified atom stereocenters. The Bertz CT molecular complexity index is 714. The Morgan fingerprint density at radius 2 is 2.12 bits per heavy atom. The van der Waals surface area contributed by atoms with Gasteiger partial charge in [0.1, 0.15) is 15.7 Å². The molecule has 2 aromatic rings. The third-order valence-electron chi connectivity index (χ3n) is 3.91. The lowest BCUT2D eigenvalue weighted by Gasteiger charge is -2.25. The standard InChI is InChI=1S/C17H20FN3O2S/c1-12-16(17(22)19-10-13-4-2-3-5-14(13)18)24-15(20-12)11-21-6-8-23-9-7-21/h2-5H,6-11H2,1H3,(H,19,22). The summed E-state index contributed by atoms with van der Waals surface area (Å²) in [5.41, 5.74) is 1.19. The predicted molar refractivity (Wildman–Crippen MR) is 90.5 cm³/mol. The van der Waals surface area contributed by atoms with Crippen molar-refractivity contribution in [1.82, 2.24) is 15.2 Å². The SMILES string of the molecule is Cc1nc(CN2CCOCC2)sc1C(=O)NCc1ccccc1F. The van der Waals surface area contributed by atoms with Crippen LogP contribution in [0.15, 0.2) is 24.3 Å². The van der Waals surface area contributed by atoms with Crippen molar-refractivity contribution in [3.63, 3.8) is 0 Å². The van der Waals surface area contributed by atoms with Crippen molar-refractivity contribution < 1.29 is 13.9 Å². The molecule has 0 aliphatic carbocycles. The molecule has 1 N–H and O–H groups in total. The van der Waals surface area contributed by atoms with E-state index in [-0.39, 0.29) is 18.3 Å². The topological polar surface area (TPSA) is 54.5 Å². The van der Waals surface area contributed by atoms with E-state index >= 15 is 0 Å². The summed E-state index contributed by atoms with van der Waals surface area (Å²) < 4.78 is 18.9. The molecule has 1 aliphatic rings. The van der Waals surface area contributed by atoms with E-state index in [1.54, 1.807) is 18.2 Å². The zero-order chi connectivity index (χ0) is 16.9. The van der Waals surface area contributed by atoms with Crippen molar-refractivity contribution in [3.8, 4) is 0 Å². The number of nitrogens with zero attached hydrogens (tertiary/aromatic N) is 2. The highest BCUT2D eigenvalue weighted by molar-refractivity contribution is 7.13. The number of aromatic nitrogens is 1. The molecule has 2 heterocycles. The Hall–Kier alpha value is -1.83. The number of benzene rings is 1. The highest BCUT2D eigenvalue weighted by Crippen LogP contribution is 2.20. The monoisotopic (exact) mass is 349 g/mol. The van der Waals surface area contributed by atoms with Crippen LogP contribution in [0.3, 0.4) is 0 Å². The lowest BCUT2D eigenvalue weighted by atomic mass is 10.2. The molecule has 128 valence electrons. The van der Waals surface area contributed by atoms with E-state index in [1.807, 2.05) is 6.92 Å². The molecular formula is C17H20FN3O2S. The number of halogens is 1. The van der Waals surface area contributed by atoms with Crippen LogP contribution in [-0.2, 0) is 17.8 Å². The van der Waals surface area contributed by atoms with E-state index in [2.05, 4.69) is 15.2 Å². The minimum atomic E-state index is -0.313. The summed E-state index contributed by atoms with van der Waals surface area (Å²) in [6.45, 7) is 5.97. The number of aryl methyl sites for hydroxylation is 1. The highest BCUT2D eigenvalue weighted by atomic mass is 32.1. The molecular weight excluding hydrogens is 329 g/mol. The average molecular weight is 349 g/mol. The fraction of sp³-hybridized carbons (Fsp3) is 0.412. The highest BCUT2D eigenvalue weighted by Gasteiger charge is 2.18. The first kappa shape index (κ1) is 17.0. The number of thiazole rings is 1. The van der Waals surface area contributed by atoms with Gasteiger partial charge in [0.15, 0.2) is 0 Å². The second-order valence-corrected chi connectivity index (χ2v) is 6.77. The summed E-state index contributed by atoms with van der Waals surface area (Å²) in [4.78, 5) is 19.7. The van der Waals surface area contributed by atoms with E-state index in [4.69, 9.17) is 4.74 Å². The average Bonchev–Trinajstić information content (AvgIpc) is 2.95. The molecule has 1 aromatic carbocycles. The van der Waals surface area contributed by atoms with E-state index < -0.39 is 0 Å². The van der Waals surface area contributed by atoms with Gasteiger partial charge < -0.3 is 10.1 Å². The maximum atomic E-state index is 13.6. The van der Waals surface area contributed by atoms with Gasteiger partial charge in [0.05, 0.1) is 25.5 Å². The molecule has 1 aliphatic heterocycles. The second kappa shape index (κ2) is 7.83. The van der Waals surface area contributed by atoms with Crippen molar-refractivity contribution in [1.29, 1.82) is 0 Å². The number of ether oxygens (including phenoxy) is 1. The van der Waals surface area contributed by atoms with Gasteiger partial charge in [0.2, 0.25) is 0 Å². The number of hydrogen-bond donors (Lipinski definition) is 1. The summed E-state index contributed by atoms with van der Waals surface area (Å²) in [5.74, 6) is -0.520. The van der Waals surface area contributed by atoms with Crippen LogP contribution >= 0.6 is 11.3 Å². The molecule has 0 radical (unpaired) electrons. The van der Waals surface area contributed by atoms with Gasteiger partial charge in [0, 0.05) is 25.2 Å². The lowest BCUT2D eigenvalue weighted by molar-refractivity contribution is 0.0341. The molecule has 1 fully saturated rings. The summed E-state index contributed by atoms with van der Waals surface area (Å²) in [5, 5.41) is 3.69. The van der Waals surface area contributed by atoms with Crippen molar-refractivity contribution in [2.45, 2.75) is 20.0 Å². The first-order valence-electron chi connectivity index (χ1n) is 7.91. The van der Waals surface area contributed by atoms with Gasteiger partial charge >= 0.3 is 0 Å². The van der Waals surface area contributed by atoms with Gasteiger partial charge in [-0.3, -0.25) is 9.69 Å². The van der Waals surface area contributed by atoms with Crippen LogP contribution in [0.4, 0.5) is 4.39 Å². The Labute approximate surface area is 144 Å². The number of carbonyl (C=O) groups excluding carboxylic acids is 1. The molecule has 3 rings (SSSR count). The smallest absolute Gasteiger partial charge is 0.263 e. The summed E-state index contributed by atoms with van der Waals surface area (Å²) in [6.07, 6.45) is 0. The zero-order valence-corrected chi connectivity index (χ0v) is 14.4. The maximum absolute atomic E-state index is 13.6. The molecule has 1 saturated heterocycles. The predicted octanol–water partition coefficient (Wildman–Crippen LogP) is 2.35. The molecule has 5 nitrogen and oxygen atoms in total. The fourth-order valence-electron chi connectivity index (χ4n) is 2.58. The van der Waals surface area contributed by atoms with Crippen LogP contribution in [0, 0.1) is 12.7 Å². The number of carbonyl (C=O) groups is 1. The van der Waals surface area contributed by atoms with Gasteiger partial charge in [-0.15, -0.1) is 11.3 Å². The van der Waals surface area contributed by atoms with E-state index in [1.165, 1.54) is 17.4 Å². The van der Waals surface area contributed by atoms with Crippen LogP contribution < -0.4 is 5.32 Å². The lowest BCUT2D eigenvalue weighted by Crippen LogP contribution is -2.35. The quantitative estimate of drug-likeness (QED) is 0.900. The van der Waals surface area contributed by atoms with Crippen LogP contribution in [0.1, 0.15) is 25.9 Å². The van der Waals surface area contributed by atoms with Crippen LogP contribution in [-0.4, -0.2) is 42.1 Å². The van der Waals surface area contributed by atoms with Crippen molar-refractivity contribution in [3.05, 3.63) is 51.2 Å². The molecule has 0 bridgehead atoms. The van der Waals surface area contributed by atoms with Crippen molar-refractivity contribution in [2.75, 3.05) is 26.3 Å². The van der Waals surface area contributed by atoms with Gasteiger partial charge in [0.25, 0.3) is 5.91 Å². The van der Waals surface area contributed by atoms with Gasteiger partial charge in [-0.25, -0.2) is 9.37 Å². The van der Waals surface area contributed by atoms with Gasteiger partial charge in [-0.05, 0) is 13.0 Å².